The first-order valence-electron chi connectivity index (χ1n) is 12.3. The van der Waals surface area contributed by atoms with Crippen molar-refractivity contribution < 1.29 is 14.3 Å². The minimum atomic E-state index is -0.224. The number of nitrogens with one attached hydrogen (secondary N) is 2. The van der Waals surface area contributed by atoms with Crippen molar-refractivity contribution in [3.63, 3.8) is 0 Å². The third-order valence-electron chi connectivity index (χ3n) is 6.67. The number of nitrogens with zero attached hydrogens (tertiary/aromatic N) is 1. The molecule has 0 bridgehead atoms. The molecule has 2 aromatic carbocycles. The Balaban J connectivity index is 1.47. The number of aryl methyl sites for hydroxylation is 2. The lowest BCUT2D eigenvalue weighted by Gasteiger charge is -2.24. The van der Waals surface area contributed by atoms with Crippen LogP contribution in [0.4, 0.5) is 10.8 Å². The number of pyridine rings is 1. The van der Waals surface area contributed by atoms with Crippen LogP contribution in [0, 0.1) is 6.92 Å². The first-order valence-corrected chi connectivity index (χ1v) is 13.1. The predicted molar refractivity (Wildman–Crippen MR) is 142 cm³/mol. The Morgan fingerprint density at radius 3 is 2.67 bits per heavy atom. The van der Waals surface area contributed by atoms with Gasteiger partial charge >= 0.3 is 0 Å². The third-order valence-corrected chi connectivity index (χ3v) is 7.90. The number of rotatable bonds is 6. The fourth-order valence-corrected chi connectivity index (χ4v) is 6.26. The second-order valence-electron chi connectivity index (χ2n) is 9.13. The standard InChI is InChI=1S/C29H27N3O3S/c1-18-8-7-13-25(30-18)31-27(20-14-15-22-23(16-20)35-17-34-22)26-21-11-5-6-12-24(21)36-29(26)32-28(33)19-9-3-2-4-10-19/h2-4,7-10,13-16,27H,5-6,11-12,17H2,1H3,(H,30,31)(H,32,33). The van der Waals surface area contributed by atoms with E-state index in [-0.39, 0.29) is 18.7 Å². The molecule has 0 fully saturated rings. The Hall–Kier alpha value is -3.84. The first-order chi connectivity index (χ1) is 17.7. The Bertz CT molecular complexity index is 1420. The number of aromatic nitrogens is 1. The minimum Gasteiger partial charge on any atom is -0.454 e. The first kappa shape index (κ1) is 22.6. The predicted octanol–water partition coefficient (Wildman–Crippen LogP) is 6.51. The lowest BCUT2D eigenvalue weighted by Crippen LogP contribution is -2.19. The van der Waals surface area contributed by atoms with Crippen molar-refractivity contribution >= 4 is 28.1 Å². The number of anilines is 2. The van der Waals surface area contributed by atoms with Gasteiger partial charge in [0.05, 0.1) is 6.04 Å². The van der Waals surface area contributed by atoms with Crippen LogP contribution in [0.3, 0.4) is 0 Å². The summed E-state index contributed by atoms with van der Waals surface area (Å²) in [5.41, 5.74) is 5.06. The summed E-state index contributed by atoms with van der Waals surface area (Å²) in [7, 11) is 0. The van der Waals surface area contributed by atoms with Crippen LogP contribution in [0.2, 0.25) is 0 Å². The lowest BCUT2D eigenvalue weighted by molar-refractivity contribution is 0.102. The van der Waals surface area contributed by atoms with Gasteiger partial charge in [-0.1, -0.05) is 30.3 Å². The van der Waals surface area contributed by atoms with Crippen LogP contribution in [0.15, 0.2) is 66.7 Å². The van der Waals surface area contributed by atoms with E-state index in [4.69, 9.17) is 14.5 Å². The van der Waals surface area contributed by atoms with E-state index in [0.29, 0.717) is 5.56 Å². The van der Waals surface area contributed by atoms with Gasteiger partial charge in [-0.05, 0) is 80.1 Å². The number of thiophene rings is 1. The SMILES string of the molecule is Cc1cccc(NC(c2ccc3c(c2)OCO3)c2c(NC(=O)c3ccccc3)sc3c2CCCC3)n1. The molecular weight excluding hydrogens is 470 g/mol. The minimum absolute atomic E-state index is 0.103. The Morgan fingerprint density at radius 2 is 1.81 bits per heavy atom. The van der Waals surface area contributed by atoms with Gasteiger partial charge in [0.2, 0.25) is 6.79 Å². The lowest BCUT2D eigenvalue weighted by atomic mass is 9.89. The summed E-state index contributed by atoms with van der Waals surface area (Å²) in [5.74, 6) is 2.16. The average Bonchev–Trinajstić information content (AvgIpc) is 3.52. The quantitative estimate of drug-likeness (QED) is 0.318. The van der Waals surface area contributed by atoms with Crippen LogP contribution in [0.1, 0.15) is 56.5 Å². The second kappa shape index (κ2) is 9.66. The molecule has 2 aromatic heterocycles. The fourth-order valence-electron chi connectivity index (χ4n) is 4.94. The molecule has 182 valence electrons. The summed E-state index contributed by atoms with van der Waals surface area (Å²) >= 11 is 1.70. The molecular formula is C29H27N3O3S. The van der Waals surface area contributed by atoms with E-state index in [1.807, 2.05) is 67.6 Å². The highest BCUT2D eigenvalue weighted by molar-refractivity contribution is 7.16. The summed E-state index contributed by atoms with van der Waals surface area (Å²) in [6, 6.07) is 21.2. The number of hydrogen-bond donors (Lipinski definition) is 2. The van der Waals surface area contributed by atoms with Crippen molar-refractivity contribution in [3.05, 3.63) is 99.6 Å². The number of ether oxygens (including phenoxy) is 2. The van der Waals surface area contributed by atoms with Crippen LogP contribution in [-0.2, 0) is 12.8 Å². The van der Waals surface area contributed by atoms with E-state index in [2.05, 4.69) is 16.7 Å². The van der Waals surface area contributed by atoms with Crippen molar-refractivity contribution in [1.29, 1.82) is 0 Å². The summed E-state index contributed by atoms with van der Waals surface area (Å²) < 4.78 is 11.3. The molecule has 4 aromatic rings. The highest BCUT2D eigenvalue weighted by atomic mass is 32.1. The Morgan fingerprint density at radius 1 is 0.972 bits per heavy atom. The van der Waals surface area contributed by atoms with E-state index in [9.17, 15) is 4.79 Å². The highest BCUT2D eigenvalue weighted by Gasteiger charge is 2.30. The molecule has 1 unspecified atom stereocenters. The van der Waals surface area contributed by atoms with E-state index in [1.54, 1.807) is 11.3 Å². The van der Waals surface area contributed by atoms with Gasteiger partial charge in [-0.2, -0.15) is 0 Å². The maximum Gasteiger partial charge on any atom is 0.256 e. The van der Waals surface area contributed by atoms with Gasteiger partial charge in [0.1, 0.15) is 10.8 Å². The van der Waals surface area contributed by atoms with Crippen molar-refractivity contribution in [3.8, 4) is 11.5 Å². The molecule has 7 heteroatoms. The Labute approximate surface area is 214 Å². The zero-order valence-corrected chi connectivity index (χ0v) is 20.9. The number of hydrogen-bond acceptors (Lipinski definition) is 6. The third kappa shape index (κ3) is 4.42. The summed E-state index contributed by atoms with van der Waals surface area (Å²) in [5, 5.41) is 7.82. The number of benzene rings is 2. The molecule has 6 rings (SSSR count). The van der Waals surface area contributed by atoms with Crippen molar-refractivity contribution in [1.82, 2.24) is 4.98 Å². The molecule has 1 aliphatic carbocycles. The van der Waals surface area contributed by atoms with E-state index >= 15 is 0 Å². The van der Waals surface area contributed by atoms with E-state index in [1.165, 1.54) is 16.9 Å². The normalized spacial score (nSPS) is 14.7. The Kier molecular flexibility index (Phi) is 6.07. The summed E-state index contributed by atoms with van der Waals surface area (Å²) in [4.78, 5) is 19.3. The molecule has 2 N–H and O–H groups in total. The van der Waals surface area contributed by atoms with Crippen molar-refractivity contribution in [2.75, 3.05) is 17.4 Å². The highest BCUT2D eigenvalue weighted by Crippen LogP contribution is 2.46. The fraction of sp³-hybridized carbons (Fsp3) is 0.241. The average molecular weight is 498 g/mol. The van der Waals surface area contributed by atoms with Crippen molar-refractivity contribution in [2.24, 2.45) is 0 Å². The van der Waals surface area contributed by atoms with Crippen LogP contribution in [-0.4, -0.2) is 17.7 Å². The number of amides is 1. The topological polar surface area (TPSA) is 72.5 Å². The molecule has 0 saturated heterocycles. The molecule has 0 radical (unpaired) electrons. The number of carbonyl (C=O) groups is 1. The van der Waals surface area contributed by atoms with Crippen LogP contribution >= 0.6 is 11.3 Å². The molecule has 1 amide bonds. The monoisotopic (exact) mass is 497 g/mol. The zero-order valence-electron chi connectivity index (χ0n) is 20.0. The maximum absolute atomic E-state index is 13.2. The van der Waals surface area contributed by atoms with Gasteiger partial charge in [-0.3, -0.25) is 4.79 Å². The molecule has 0 spiro atoms. The number of carbonyl (C=O) groups excluding carboxylic acids is 1. The number of fused-ring (bicyclic) bond motifs is 2. The van der Waals surface area contributed by atoms with Crippen molar-refractivity contribution in [2.45, 2.75) is 38.6 Å². The van der Waals surface area contributed by atoms with Crippen LogP contribution in [0.25, 0.3) is 0 Å². The van der Waals surface area contributed by atoms with Crippen LogP contribution in [0.5, 0.6) is 11.5 Å². The molecule has 36 heavy (non-hydrogen) atoms. The largest absolute Gasteiger partial charge is 0.454 e. The van der Waals surface area contributed by atoms with Gasteiger partial charge in [0.25, 0.3) is 5.91 Å². The van der Waals surface area contributed by atoms with Gasteiger partial charge in [-0.25, -0.2) is 4.98 Å². The van der Waals surface area contributed by atoms with Crippen LogP contribution < -0.4 is 20.1 Å². The maximum atomic E-state index is 13.2. The van der Waals surface area contributed by atoms with Gasteiger partial charge < -0.3 is 20.1 Å². The smallest absolute Gasteiger partial charge is 0.256 e. The van der Waals surface area contributed by atoms with E-state index < -0.39 is 0 Å². The van der Waals surface area contributed by atoms with Gasteiger partial charge in [0, 0.05) is 21.7 Å². The van der Waals surface area contributed by atoms with Gasteiger partial charge in [0.15, 0.2) is 11.5 Å². The zero-order chi connectivity index (χ0) is 24.5. The van der Waals surface area contributed by atoms with Gasteiger partial charge in [-0.15, -0.1) is 11.3 Å². The summed E-state index contributed by atoms with van der Waals surface area (Å²) in [6.07, 6.45) is 4.33. The second-order valence-corrected chi connectivity index (χ2v) is 10.2. The molecule has 2 aliphatic rings. The molecule has 1 atom stereocenters. The molecule has 1 aliphatic heterocycles. The summed E-state index contributed by atoms with van der Waals surface area (Å²) in [6.45, 7) is 2.21. The van der Waals surface area contributed by atoms with E-state index in [0.717, 1.165) is 58.4 Å². The molecule has 3 heterocycles. The molecule has 6 nitrogen and oxygen atoms in total. The molecule has 0 saturated carbocycles.